The fourth-order valence-corrected chi connectivity index (χ4v) is 5.24. The van der Waals surface area contributed by atoms with Crippen LogP contribution in [0.2, 0.25) is 0 Å². The smallest absolute Gasteiger partial charge is 0.339 e. The molecule has 0 saturated carbocycles. The van der Waals surface area contributed by atoms with Crippen LogP contribution >= 0.6 is 23.1 Å². The summed E-state index contributed by atoms with van der Waals surface area (Å²) in [5.41, 5.74) is 3.31. The normalized spacial score (nSPS) is 12.7. The number of nitriles is 1. The van der Waals surface area contributed by atoms with Gasteiger partial charge in [-0.2, -0.15) is 5.26 Å². The van der Waals surface area contributed by atoms with Crippen molar-refractivity contribution in [1.82, 2.24) is 4.90 Å². The summed E-state index contributed by atoms with van der Waals surface area (Å²) >= 11 is 3.24. The van der Waals surface area contributed by atoms with Crippen LogP contribution in [0.15, 0.2) is 64.9 Å². The minimum atomic E-state index is -0.496. The average molecular weight is 449 g/mol. The Labute approximate surface area is 189 Å². The van der Waals surface area contributed by atoms with Gasteiger partial charge in [-0.15, -0.1) is 23.1 Å². The van der Waals surface area contributed by atoms with Gasteiger partial charge in [0.05, 0.1) is 17.2 Å². The maximum atomic E-state index is 12.7. The Balaban J connectivity index is 1.34. The minimum Gasteiger partial charge on any atom is -0.452 e. The number of esters is 1. The number of nitrogens with zero attached hydrogens (tertiary/aromatic N) is 2. The third-order valence-corrected chi connectivity index (χ3v) is 7.24. The van der Waals surface area contributed by atoms with Gasteiger partial charge in [0, 0.05) is 28.6 Å². The molecule has 156 valence electrons. The van der Waals surface area contributed by atoms with Crippen LogP contribution < -0.4 is 0 Å². The second-order valence-corrected chi connectivity index (χ2v) is 9.12. The Morgan fingerprint density at radius 2 is 1.94 bits per heavy atom. The van der Waals surface area contributed by atoms with Crippen LogP contribution in [-0.4, -0.2) is 29.9 Å². The molecule has 0 unspecified atom stereocenters. The van der Waals surface area contributed by atoms with E-state index in [0.29, 0.717) is 30.0 Å². The molecule has 7 heteroatoms. The van der Waals surface area contributed by atoms with Gasteiger partial charge in [-0.1, -0.05) is 24.3 Å². The van der Waals surface area contributed by atoms with Crippen molar-refractivity contribution in [3.63, 3.8) is 0 Å². The van der Waals surface area contributed by atoms with E-state index in [0.717, 1.165) is 16.9 Å². The van der Waals surface area contributed by atoms with Crippen molar-refractivity contribution in [2.45, 2.75) is 23.6 Å². The molecule has 0 atom stereocenters. The predicted molar refractivity (Wildman–Crippen MR) is 121 cm³/mol. The first-order valence-corrected chi connectivity index (χ1v) is 11.7. The predicted octanol–water partition coefficient (Wildman–Crippen LogP) is 4.65. The summed E-state index contributed by atoms with van der Waals surface area (Å²) in [6.45, 7) is 0.972. The molecule has 0 saturated heterocycles. The molecule has 0 aliphatic carbocycles. The van der Waals surface area contributed by atoms with Crippen LogP contribution in [0.25, 0.3) is 0 Å². The van der Waals surface area contributed by atoms with E-state index in [4.69, 9.17) is 10.00 Å². The van der Waals surface area contributed by atoms with Crippen LogP contribution in [0.5, 0.6) is 0 Å². The van der Waals surface area contributed by atoms with Crippen molar-refractivity contribution in [2.24, 2.45) is 0 Å². The molecule has 31 heavy (non-hydrogen) atoms. The Kier molecular flexibility index (Phi) is 6.70. The van der Waals surface area contributed by atoms with Crippen LogP contribution in [-0.2, 0) is 28.2 Å². The zero-order chi connectivity index (χ0) is 21.6. The zero-order valence-electron chi connectivity index (χ0n) is 16.7. The number of hydrogen-bond donors (Lipinski definition) is 0. The second-order valence-electron chi connectivity index (χ2n) is 7.10. The van der Waals surface area contributed by atoms with Crippen molar-refractivity contribution >= 4 is 35.0 Å². The van der Waals surface area contributed by atoms with E-state index in [-0.39, 0.29) is 12.5 Å². The maximum absolute atomic E-state index is 12.7. The van der Waals surface area contributed by atoms with Gasteiger partial charge in [0.2, 0.25) is 0 Å². The van der Waals surface area contributed by atoms with Crippen molar-refractivity contribution in [1.29, 1.82) is 5.26 Å². The highest BCUT2D eigenvalue weighted by molar-refractivity contribution is 7.98. The van der Waals surface area contributed by atoms with Gasteiger partial charge < -0.3 is 9.64 Å². The van der Waals surface area contributed by atoms with E-state index >= 15 is 0 Å². The largest absolute Gasteiger partial charge is 0.452 e. The van der Waals surface area contributed by atoms with Crippen molar-refractivity contribution in [3.8, 4) is 6.07 Å². The lowest BCUT2D eigenvalue weighted by Crippen LogP contribution is -2.38. The molecule has 2 heterocycles. The number of thioether (sulfide) groups is 1. The highest BCUT2D eigenvalue weighted by Crippen LogP contribution is 2.27. The van der Waals surface area contributed by atoms with E-state index in [1.54, 1.807) is 40.5 Å². The number of ether oxygens (including phenoxy) is 1. The number of benzene rings is 2. The molecule has 0 N–H and O–H groups in total. The number of rotatable bonds is 6. The first kappa shape index (κ1) is 21.2. The summed E-state index contributed by atoms with van der Waals surface area (Å²) in [6.07, 6.45) is 0.849. The highest BCUT2D eigenvalue weighted by atomic mass is 32.2. The summed E-state index contributed by atoms with van der Waals surface area (Å²) in [4.78, 5) is 29.1. The lowest BCUT2D eigenvalue weighted by atomic mass is 10.1. The van der Waals surface area contributed by atoms with E-state index in [1.807, 2.05) is 35.7 Å². The van der Waals surface area contributed by atoms with Crippen molar-refractivity contribution < 1.29 is 14.3 Å². The first-order valence-electron chi connectivity index (χ1n) is 9.85. The summed E-state index contributed by atoms with van der Waals surface area (Å²) in [5.74, 6) is -0.0106. The van der Waals surface area contributed by atoms with E-state index in [1.165, 1.54) is 22.2 Å². The van der Waals surface area contributed by atoms with Gasteiger partial charge in [0.15, 0.2) is 6.61 Å². The monoisotopic (exact) mass is 448 g/mol. The Hall–Kier alpha value is -3.08. The number of carbonyl (C=O) groups is 2. The molecule has 2 aromatic carbocycles. The zero-order valence-corrected chi connectivity index (χ0v) is 18.4. The molecule has 0 radical (unpaired) electrons. The summed E-state index contributed by atoms with van der Waals surface area (Å²) in [5, 5.41) is 11.0. The summed E-state index contributed by atoms with van der Waals surface area (Å²) in [7, 11) is 0. The van der Waals surface area contributed by atoms with Gasteiger partial charge in [0.1, 0.15) is 0 Å². The van der Waals surface area contributed by atoms with Crippen LogP contribution in [0.4, 0.5) is 0 Å². The van der Waals surface area contributed by atoms with Crippen LogP contribution in [0.1, 0.15) is 31.9 Å². The first-order chi connectivity index (χ1) is 15.1. The molecule has 3 aromatic rings. The van der Waals surface area contributed by atoms with Crippen LogP contribution in [0.3, 0.4) is 0 Å². The van der Waals surface area contributed by atoms with Gasteiger partial charge in [-0.3, -0.25) is 4.79 Å². The molecular weight excluding hydrogens is 428 g/mol. The topological polar surface area (TPSA) is 70.4 Å². The molecule has 1 aliphatic rings. The minimum absolute atomic E-state index is 0.173. The van der Waals surface area contributed by atoms with Gasteiger partial charge in [0.25, 0.3) is 5.91 Å². The summed E-state index contributed by atoms with van der Waals surface area (Å²) in [6, 6.07) is 18.8. The summed E-state index contributed by atoms with van der Waals surface area (Å²) < 4.78 is 5.36. The Morgan fingerprint density at radius 3 is 2.74 bits per heavy atom. The molecule has 4 rings (SSSR count). The molecule has 0 fully saturated rings. The van der Waals surface area contributed by atoms with Crippen molar-refractivity contribution in [2.75, 3.05) is 13.2 Å². The fourth-order valence-electron chi connectivity index (χ4n) is 3.36. The quantitative estimate of drug-likeness (QED) is 0.405. The van der Waals surface area contributed by atoms with E-state index in [2.05, 4.69) is 6.07 Å². The number of thiophene rings is 1. The van der Waals surface area contributed by atoms with Crippen LogP contribution in [0, 0.1) is 11.3 Å². The van der Waals surface area contributed by atoms with Crippen molar-refractivity contribution in [3.05, 3.63) is 87.1 Å². The third-order valence-electron chi connectivity index (χ3n) is 5.07. The molecule has 0 bridgehead atoms. The third kappa shape index (κ3) is 5.16. The SMILES string of the molecule is N#Cc1ccc(CSc2ccccc2C(=O)OCC(=O)N2CCc3sccc3C2)cc1. The second kappa shape index (κ2) is 9.82. The molecule has 0 spiro atoms. The van der Waals surface area contributed by atoms with Gasteiger partial charge in [-0.05, 0) is 53.3 Å². The fraction of sp³-hybridized carbons (Fsp3) is 0.208. The van der Waals surface area contributed by atoms with Gasteiger partial charge in [-0.25, -0.2) is 4.79 Å². The van der Waals surface area contributed by atoms with E-state index in [9.17, 15) is 9.59 Å². The molecule has 1 amide bonds. The number of hydrogen-bond acceptors (Lipinski definition) is 6. The van der Waals surface area contributed by atoms with E-state index < -0.39 is 5.97 Å². The number of fused-ring (bicyclic) bond motifs is 1. The highest BCUT2D eigenvalue weighted by Gasteiger charge is 2.23. The molecular formula is C24H20N2O3S2. The number of amides is 1. The molecule has 1 aliphatic heterocycles. The maximum Gasteiger partial charge on any atom is 0.339 e. The molecule has 5 nitrogen and oxygen atoms in total. The number of carbonyl (C=O) groups excluding carboxylic acids is 2. The lowest BCUT2D eigenvalue weighted by molar-refractivity contribution is -0.135. The average Bonchev–Trinajstić information content (AvgIpc) is 3.29. The lowest BCUT2D eigenvalue weighted by Gasteiger charge is -2.26. The standard InChI is InChI=1S/C24H20N2O3S2/c25-13-17-5-7-18(8-6-17)16-31-22-4-2-1-3-20(22)24(28)29-15-23(27)26-11-9-21-19(14-26)10-12-30-21/h1-8,10,12H,9,11,14-16H2. The van der Waals surface area contributed by atoms with Gasteiger partial charge >= 0.3 is 5.97 Å². The Bertz CT molecular complexity index is 1130. The Morgan fingerprint density at radius 1 is 1.13 bits per heavy atom. The molecule has 1 aromatic heterocycles.